The number of benzene rings is 1. The lowest BCUT2D eigenvalue weighted by Crippen LogP contribution is -2.43. The van der Waals surface area contributed by atoms with Gasteiger partial charge in [0.15, 0.2) is 0 Å². The molecule has 1 N–H and O–H groups in total. The number of aromatic carboxylic acids is 1. The van der Waals surface area contributed by atoms with Crippen molar-refractivity contribution in [1.82, 2.24) is 4.90 Å². The SMILES string of the molecule is CCN(CCOC)C(=O)N1CCc2cc(C(=O)O)ccc21. The minimum atomic E-state index is -0.946. The number of carbonyl (C=O) groups is 2. The third-order valence-corrected chi connectivity index (χ3v) is 3.67. The van der Waals surface area contributed by atoms with Gasteiger partial charge in [-0.05, 0) is 37.1 Å². The Morgan fingerprint density at radius 2 is 2.19 bits per heavy atom. The molecule has 0 aliphatic carbocycles. The van der Waals surface area contributed by atoms with Crippen molar-refractivity contribution < 1.29 is 19.4 Å². The lowest BCUT2D eigenvalue weighted by molar-refractivity contribution is 0.0697. The summed E-state index contributed by atoms with van der Waals surface area (Å²) >= 11 is 0. The van der Waals surface area contributed by atoms with E-state index in [9.17, 15) is 9.59 Å². The van der Waals surface area contributed by atoms with Crippen LogP contribution in [0.25, 0.3) is 0 Å². The Balaban J connectivity index is 2.18. The molecule has 114 valence electrons. The summed E-state index contributed by atoms with van der Waals surface area (Å²) in [7, 11) is 1.61. The number of amides is 2. The van der Waals surface area contributed by atoms with E-state index in [1.54, 1.807) is 29.0 Å². The average Bonchev–Trinajstić information content (AvgIpc) is 2.90. The highest BCUT2D eigenvalue weighted by atomic mass is 16.5. The van der Waals surface area contributed by atoms with Crippen molar-refractivity contribution in [2.24, 2.45) is 0 Å². The van der Waals surface area contributed by atoms with Crippen molar-refractivity contribution in [3.8, 4) is 0 Å². The lowest BCUT2D eigenvalue weighted by atomic mass is 10.1. The number of nitrogens with zero attached hydrogens (tertiary/aromatic N) is 2. The van der Waals surface area contributed by atoms with E-state index < -0.39 is 5.97 Å². The molecule has 0 bridgehead atoms. The van der Waals surface area contributed by atoms with E-state index in [0.29, 0.717) is 32.7 Å². The Bertz CT molecular complexity index is 544. The van der Waals surface area contributed by atoms with E-state index in [4.69, 9.17) is 9.84 Å². The van der Waals surface area contributed by atoms with Crippen molar-refractivity contribution in [1.29, 1.82) is 0 Å². The van der Waals surface area contributed by atoms with Crippen LogP contribution in [0.5, 0.6) is 0 Å². The topological polar surface area (TPSA) is 70.1 Å². The number of anilines is 1. The molecule has 6 nitrogen and oxygen atoms in total. The van der Waals surface area contributed by atoms with Crippen molar-refractivity contribution >= 4 is 17.7 Å². The van der Waals surface area contributed by atoms with Gasteiger partial charge in [-0.15, -0.1) is 0 Å². The summed E-state index contributed by atoms with van der Waals surface area (Å²) in [6.07, 6.45) is 0.685. The minimum Gasteiger partial charge on any atom is -0.478 e. The molecule has 0 fully saturated rings. The Labute approximate surface area is 123 Å². The number of urea groups is 1. The van der Waals surface area contributed by atoms with Crippen molar-refractivity contribution in [3.05, 3.63) is 29.3 Å². The minimum absolute atomic E-state index is 0.0589. The Morgan fingerprint density at radius 3 is 2.81 bits per heavy atom. The van der Waals surface area contributed by atoms with E-state index in [1.165, 1.54) is 6.07 Å². The normalized spacial score (nSPS) is 13.1. The molecule has 6 heteroatoms. The molecule has 2 rings (SSSR count). The van der Waals surface area contributed by atoms with Crippen LogP contribution in [-0.4, -0.2) is 55.4 Å². The number of fused-ring (bicyclic) bond motifs is 1. The molecular weight excluding hydrogens is 272 g/mol. The summed E-state index contributed by atoms with van der Waals surface area (Å²) in [6.45, 7) is 4.17. The summed E-state index contributed by atoms with van der Waals surface area (Å²) in [6, 6.07) is 4.85. The van der Waals surface area contributed by atoms with Gasteiger partial charge < -0.3 is 14.7 Å². The standard InChI is InChI=1S/C15H20N2O4/c1-3-16(8-9-21-2)15(20)17-7-6-11-10-12(14(18)19)4-5-13(11)17/h4-5,10H,3,6-9H2,1-2H3,(H,18,19). The quantitative estimate of drug-likeness (QED) is 0.899. The zero-order chi connectivity index (χ0) is 15.4. The molecule has 21 heavy (non-hydrogen) atoms. The van der Waals surface area contributed by atoms with Crippen LogP contribution in [0.2, 0.25) is 0 Å². The first-order valence-electron chi connectivity index (χ1n) is 7.00. The summed E-state index contributed by atoms with van der Waals surface area (Å²) in [5.74, 6) is -0.946. The van der Waals surface area contributed by atoms with Gasteiger partial charge >= 0.3 is 12.0 Å². The van der Waals surface area contributed by atoms with Gasteiger partial charge in [0.1, 0.15) is 0 Å². The second-order valence-corrected chi connectivity index (χ2v) is 4.91. The van der Waals surface area contributed by atoms with Crippen LogP contribution in [-0.2, 0) is 11.2 Å². The van der Waals surface area contributed by atoms with Crippen LogP contribution in [0.3, 0.4) is 0 Å². The number of carboxylic acids is 1. The zero-order valence-corrected chi connectivity index (χ0v) is 12.3. The van der Waals surface area contributed by atoms with Gasteiger partial charge in [-0.3, -0.25) is 4.90 Å². The maximum atomic E-state index is 12.5. The maximum absolute atomic E-state index is 12.5. The van der Waals surface area contributed by atoms with Crippen LogP contribution in [0.1, 0.15) is 22.8 Å². The average molecular weight is 292 g/mol. The predicted octanol–water partition coefficient (Wildman–Crippen LogP) is 1.84. The van der Waals surface area contributed by atoms with Gasteiger partial charge in [-0.25, -0.2) is 9.59 Å². The van der Waals surface area contributed by atoms with Crippen LogP contribution >= 0.6 is 0 Å². The summed E-state index contributed by atoms with van der Waals surface area (Å²) in [4.78, 5) is 27.0. The maximum Gasteiger partial charge on any atom is 0.335 e. The molecule has 1 aromatic carbocycles. The molecule has 1 aromatic rings. The monoisotopic (exact) mass is 292 g/mol. The van der Waals surface area contributed by atoms with Crippen LogP contribution < -0.4 is 4.90 Å². The molecule has 0 spiro atoms. The molecule has 0 aromatic heterocycles. The number of carbonyl (C=O) groups excluding carboxylic acids is 1. The number of ether oxygens (including phenoxy) is 1. The highest BCUT2D eigenvalue weighted by Crippen LogP contribution is 2.29. The van der Waals surface area contributed by atoms with Crippen LogP contribution in [0.4, 0.5) is 10.5 Å². The number of likely N-dealkylation sites (N-methyl/N-ethyl adjacent to an activating group) is 1. The molecule has 0 atom stereocenters. The number of rotatable bonds is 5. The van der Waals surface area contributed by atoms with Crippen LogP contribution in [0, 0.1) is 0 Å². The van der Waals surface area contributed by atoms with Gasteiger partial charge in [0.2, 0.25) is 0 Å². The first-order chi connectivity index (χ1) is 10.1. The molecule has 0 unspecified atom stereocenters. The molecule has 2 amide bonds. The van der Waals surface area contributed by atoms with Crippen molar-refractivity contribution in [2.75, 3.05) is 38.3 Å². The Morgan fingerprint density at radius 1 is 1.43 bits per heavy atom. The fourth-order valence-electron chi connectivity index (χ4n) is 2.49. The van der Waals surface area contributed by atoms with Gasteiger partial charge in [-0.1, -0.05) is 0 Å². The fourth-order valence-corrected chi connectivity index (χ4v) is 2.49. The smallest absolute Gasteiger partial charge is 0.335 e. The summed E-state index contributed by atoms with van der Waals surface area (Å²) < 4.78 is 5.02. The molecule has 1 aliphatic heterocycles. The number of methoxy groups -OCH3 is 1. The number of hydrogen-bond acceptors (Lipinski definition) is 3. The first kappa shape index (κ1) is 15.3. The Kier molecular flexibility index (Phi) is 4.80. The molecule has 0 radical (unpaired) electrons. The van der Waals surface area contributed by atoms with E-state index in [-0.39, 0.29) is 11.6 Å². The third-order valence-electron chi connectivity index (χ3n) is 3.67. The number of hydrogen-bond donors (Lipinski definition) is 1. The lowest BCUT2D eigenvalue weighted by Gasteiger charge is -2.27. The zero-order valence-electron chi connectivity index (χ0n) is 12.3. The predicted molar refractivity (Wildman–Crippen MR) is 79.0 cm³/mol. The molecule has 1 heterocycles. The molecule has 1 aliphatic rings. The largest absolute Gasteiger partial charge is 0.478 e. The summed E-state index contributed by atoms with van der Waals surface area (Å²) in [5, 5.41) is 9.01. The second-order valence-electron chi connectivity index (χ2n) is 4.91. The molecule has 0 saturated heterocycles. The van der Waals surface area contributed by atoms with E-state index >= 15 is 0 Å². The molecular formula is C15H20N2O4. The van der Waals surface area contributed by atoms with E-state index in [0.717, 1.165) is 11.3 Å². The highest BCUT2D eigenvalue weighted by Gasteiger charge is 2.28. The fraction of sp³-hybridized carbons (Fsp3) is 0.467. The highest BCUT2D eigenvalue weighted by molar-refractivity contribution is 5.96. The van der Waals surface area contributed by atoms with E-state index in [1.807, 2.05) is 6.92 Å². The van der Waals surface area contributed by atoms with Gasteiger partial charge in [-0.2, -0.15) is 0 Å². The third kappa shape index (κ3) is 3.16. The van der Waals surface area contributed by atoms with Gasteiger partial charge in [0.05, 0.1) is 12.2 Å². The van der Waals surface area contributed by atoms with Crippen molar-refractivity contribution in [3.63, 3.8) is 0 Å². The van der Waals surface area contributed by atoms with Gasteiger partial charge in [0, 0.05) is 32.4 Å². The van der Waals surface area contributed by atoms with Gasteiger partial charge in [0.25, 0.3) is 0 Å². The van der Waals surface area contributed by atoms with E-state index in [2.05, 4.69) is 0 Å². The van der Waals surface area contributed by atoms with Crippen LogP contribution in [0.15, 0.2) is 18.2 Å². The number of carboxylic acid groups (broad SMARTS) is 1. The van der Waals surface area contributed by atoms with Crippen molar-refractivity contribution in [2.45, 2.75) is 13.3 Å². The summed E-state index contributed by atoms with van der Waals surface area (Å²) in [5.41, 5.74) is 1.97. The Hall–Kier alpha value is -2.08. The molecule has 0 saturated carbocycles. The first-order valence-corrected chi connectivity index (χ1v) is 7.00. The second kappa shape index (κ2) is 6.58.